The Labute approximate surface area is 181 Å². The van der Waals surface area contributed by atoms with Gasteiger partial charge in [-0.2, -0.15) is 4.99 Å². The number of nitrogens with one attached hydrogen (secondary N) is 1. The van der Waals surface area contributed by atoms with Crippen molar-refractivity contribution in [3.63, 3.8) is 0 Å². The Morgan fingerprint density at radius 3 is 2.52 bits per heavy atom. The van der Waals surface area contributed by atoms with Crippen LogP contribution in [0.25, 0.3) is 17.2 Å². The van der Waals surface area contributed by atoms with E-state index in [2.05, 4.69) is 46.7 Å². The van der Waals surface area contributed by atoms with Crippen molar-refractivity contribution in [1.29, 1.82) is 0 Å². The number of benzene rings is 3. The van der Waals surface area contributed by atoms with E-state index in [9.17, 15) is 4.79 Å². The summed E-state index contributed by atoms with van der Waals surface area (Å²) in [4.78, 5) is 19.0. The molecule has 0 radical (unpaired) electrons. The molecular weight excluding hydrogens is 386 g/mol. The van der Waals surface area contributed by atoms with Crippen LogP contribution in [0.4, 0.5) is 5.69 Å². The monoisotopic (exact) mass is 409 g/mol. The van der Waals surface area contributed by atoms with Gasteiger partial charge in [0, 0.05) is 6.54 Å². The molecule has 0 saturated carbocycles. The van der Waals surface area contributed by atoms with Crippen LogP contribution in [0.3, 0.4) is 0 Å². The summed E-state index contributed by atoms with van der Waals surface area (Å²) in [5.74, 6) is 0.110. The normalized spacial score (nSPS) is 19.6. The number of ether oxygens (including phenoxy) is 1. The third-order valence-electron chi connectivity index (χ3n) is 5.72. The highest BCUT2D eigenvalue weighted by atomic mass is 16.5. The average molecular weight is 409 g/mol. The maximum Gasteiger partial charge on any atom is 0.305 e. The molecule has 3 aromatic carbocycles. The molecule has 1 unspecified atom stereocenters. The standard InChI is InChI=1S/C26H23N3O2/c1-3-29-25(30)23(31-26(29)28-18-9-5-4-6-10-18)16-17-13-14-21-22(15-17)19-11-7-8-12-20(19)24(21)27-2/h4-16,24,27H,3H2,1-2H3/b23-16+,28-26?. The third kappa shape index (κ3) is 3.33. The van der Waals surface area contributed by atoms with E-state index in [-0.39, 0.29) is 17.7 Å². The van der Waals surface area contributed by atoms with Crippen LogP contribution in [0.5, 0.6) is 0 Å². The lowest BCUT2D eigenvalue weighted by molar-refractivity contribution is -0.122. The molecule has 1 fully saturated rings. The largest absolute Gasteiger partial charge is 0.419 e. The van der Waals surface area contributed by atoms with Crippen LogP contribution in [0, 0.1) is 0 Å². The molecule has 3 aromatic rings. The Bertz CT molecular complexity index is 1210. The lowest BCUT2D eigenvalue weighted by atomic mass is 10.0. The van der Waals surface area contributed by atoms with Gasteiger partial charge in [0.1, 0.15) is 0 Å². The minimum Gasteiger partial charge on any atom is -0.419 e. The predicted molar refractivity (Wildman–Crippen MR) is 123 cm³/mol. The summed E-state index contributed by atoms with van der Waals surface area (Å²) >= 11 is 0. The first-order chi connectivity index (χ1) is 15.2. The molecule has 5 nitrogen and oxygen atoms in total. The molecule has 154 valence electrons. The molecule has 5 rings (SSSR count). The lowest BCUT2D eigenvalue weighted by Gasteiger charge is -2.11. The Hall–Kier alpha value is -3.70. The number of amides is 1. The number of aliphatic imine (C=N–C) groups is 1. The number of rotatable bonds is 4. The van der Waals surface area contributed by atoms with Gasteiger partial charge in [-0.3, -0.25) is 9.69 Å². The van der Waals surface area contributed by atoms with E-state index >= 15 is 0 Å². The number of carbonyl (C=O) groups is 1. The maximum atomic E-state index is 12.9. The summed E-state index contributed by atoms with van der Waals surface area (Å²) in [5, 5.41) is 3.40. The van der Waals surface area contributed by atoms with Crippen molar-refractivity contribution in [3.05, 3.63) is 95.2 Å². The number of para-hydroxylation sites is 1. The molecule has 1 amide bonds. The molecule has 0 bridgehead atoms. The van der Waals surface area contributed by atoms with E-state index in [1.807, 2.05) is 50.4 Å². The second-order valence-electron chi connectivity index (χ2n) is 7.55. The van der Waals surface area contributed by atoms with Gasteiger partial charge in [-0.05, 0) is 66.1 Å². The molecule has 31 heavy (non-hydrogen) atoms. The topological polar surface area (TPSA) is 53.9 Å². The first-order valence-corrected chi connectivity index (χ1v) is 10.4. The predicted octanol–water partition coefficient (Wildman–Crippen LogP) is 4.88. The first kappa shape index (κ1) is 19.3. The number of nitrogens with zero attached hydrogens (tertiary/aromatic N) is 2. The van der Waals surface area contributed by atoms with Crippen molar-refractivity contribution in [3.8, 4) is 11.1 Å². The molecule has 0 aromatic heterocycles. The average Bonchev–Trinajstić information content (AvgIpc) is 3.28. The molecule has 1 N–H and O–H groups in total. The van der Waals surface area contributed by atoms with Crippen LogP contribution in [0.15, 0.2) is 83.5 Å². The smallest absolute Gasteiger partial charge is 0.305 e. The van der Waals surface area contributed by atoms with E-state index in [1.165, 1.54) is 22.3 Å². The summed E-state index contributed by atoms with van der Waals surface area (Å²) < 4.78 is 5.89. The van der Waals surface area contributed by atoms with E-state index in [0.717, 1.165) is 11.3 Å². The van der Waals surface area contributed by atoms with Crippen molar-refractivity contribution < 1.29 is 9.53 Å². The quantitative estimate of drug-likeness (QED) is 0.625. The second kappa shape index (κ2) is 7.85. The van der Waals surface area contributed by atoms with Crippen molar-refractivity contribution in [1.82, 2.24) is 10.2 Å². The zero-order valence-corrected chi connectivity index (χ0v) is 17.5. The van der Waals surface area contributed by atoms with Crippen molar-refractivity contribution in [2.45, 2.75) is 13.0 Å². The number of hydrogen-bond donors (Lipinski definition) is 1. The molecule has 5 heteroatoms. The Morgan fingerprint density at radius 1 is 1.00 bits per heavy atom. The van der Waals surface area contributed by atoms with Crippen LogP contribution in [0.1, 0.15) is 29.7 Å². The zero-order chi connectivity index (χ0) is 21.4. The fourth-order valence-electron chi connectivity index (χ4n) is 4.26. The Kier molecular flexibility index (Phi) is 4.88. The second-order valence-corrected chi connectivity index (χ2v) is 7.55. The fraction of sp³-hybridized carbons (Fsp3) is 0.154. The molecular formula is C26H23N3O2. The SMILES string of the molecule is CCN1C(=O)/C(=C\c2ccc3c(c2)-c2ccccc2C3NC)OC1=Nc1ccccc1. The van der Waals surface area contributed by atoms with Crippen LogP contribution in [-0.4, -0.2) is 30.4 Å². The molecule has 1 aliphatic heterocycles. The Morgan fingerprint density at radius 2 is 1.74 bits per heavy atom. The van der Waals surface area contributed by atoms with Crippen LogP contribution in [0.2, 0.25) is 0 Å². The van der Waals surface area contributed by atoms with E-state index < -0.39 is 0 Å². The summed E-state index contributed by atoms with van der Waals surface area (Å²) in [6.07, 6.45) is 1.80. The summed E-state index contributed by atoms with van der Waals surface area (Å²) in [6.45, 7) is 2.40. The number of carbonyl (C=O) groups excluding carboxylic acids is 1. The molecule has 2 aliphatic rings. The fourth-order valence-corrected chi connectivity index (χ4v) is 4.26. The Balaban J connectivity index is 1.51. The highest BCUT2D eigenvalue weighted by Crippen LogP contribution is 2.43. The summed E-state index contributed by atoms with van der Waals surface area (Å²) in [5.41, 5.74) is 6.58. The van der Waals surface area contributed by atoms with Crippen LogP contribution >= 0.6 is 0 Å². The van der Waals surface area contributed by atoms with Gasteiger partial charge >= 0.3 is 6.02 Å². The van der Waals surface area contributed by atoms with Gasteiger partial charge in [0.2, 0.25) is 0 Å². The number of amidine groups is 1. The van der Waals surface area contributed by atoms with Gasteiger partial charge in [-0.1, -0.05) is 54.6 Å². The molecule has 1 heterocycles. The highest BCUT2D eigenvalue weighted by molar-refractivity contribution is 6.11. The molecule has 1 aliphatic carbocycles. The lowest BCUT2D eigenvalue weighted by Crippen LogP contribution is -2.29. The number of fused-ring (bicyclic) bond motifs is 3. The maximum absolute atomic E-state index is 12.9. The zero-order valence-electron chi connectivity index (χ0n) is 17.5. The van der Waals surface area contributed by atoms with Gasteiger partial charge in [-0.25, -0.2) is 0 Å². The molecule has 1 saturated heterocycles. The van der Waals surface area contributed by atoms with Gasteiger partial charge in [0.05, 0.1) is 11.7 Å². The minimum atomic E-state index is -0.175. The van der Waals surface area contributed by atoms with E-state index in [0.29, 0.717) is 12.6 Å². The number of likely N-dealkylation sites (N-methyl/N-ethyl adjacent to an activating group) is 1. The summed E-state index contributed by atoms with van der Waals surface area (Å²) in [6, 6.07) is 24.7. The van der Waals surface area contributed by atoms with Gasteiger partial charge < -0.3 is 10.1 Å². The van der Waals surface area contributed by atoms with Crippen molar-refractivity contribution in [2.24, 2.45) is 4.99 Å². The van der Waals surface area contributed by atoms with Crippen LogP contribution in [-0.2, 0) is 9.53 Å². The van der Waals surface area contributed by atoms with Crippen LogP contribution < -0.4 is 5.32 Å². The van der Waals surface area contributed by atoms with Crippen molar-refractivity contribution in [2.75, 3.05) is 13.6 Å². The van der Waals surface area contributed by atoms with E-state index in [4.69, 9.17) is 4.74 Å². The van der Waals surface area contributed by atoms with Gasteiger partial charge in [0.15, 0.2) is 5.76 Å². The summed E-state index contributed by atoms with van der Waals surface area (Å²) in [7, 11) is 1.98. The highest BCUT2D eigenvalue weighted by Gasteiger charge is 2.34. The van der Waals surface area contributed by atoms with Crippen molar-refractivity contribution >= 4 is 23.7 Å². The van der Waals surface area contributed by atoms with Gasteiger partial charge in [-0.15, -0.1) is 0 Å². The first-order valence-electron chi connectivity index (χ1n) is 10.4. The van der Waals surface area contributed by atoms with E-state index in [1.54, 1.807) is 11.0 Å². The minimum absolute atomic E-state index is 0.175. The molecule has 1 atom stereocenters. The number of hydrogen-bond acceptors (Lipinski definition) is 4. The molecule has 0 spiro atoms. The third-order valence-corrected chi connectivity index (χ3v) is 5.72. The van der Waals surface area contributed by atoms with Gasteiger partial charge in [0.25, 0.3) is 5.91 Å².